The van der Waals surface area contributed by atoms with Crippen LogP contribution in [-0.2, 0) is 11.2 Å². The van der Waals surface area contributed by atoms with Crippen LogP contribution in [0.5, 0.6) is 0 Å². The number of carbonyl (C=O) groups excluding carboxylic acids is 2. The van der Waals surface area contributed by atoms with Crippen molar-refractivity contribution in [1.29, 1.82) is 0 Å². The van der Waals surface area contributed by atoms with E-state index in [1.807, 2.05) is 30.3 Å². The Labute approximate surface area is 174 Å². The van der Waals surface area contributed by atoms with Crippen LogP contribution in [0.3, 0.4) is 0 Å². The van der Waals surface area contributed by atoms with Crippen molar-refractivity contribution >= 4 is 28.3 Å². The second-order valence-electron chi connectivity index (χ2n) is 8.05. The van der Waals surface area contributed by atoms with E-state index < -0.39 is 0 Å². The van der Waals surface area contributed by atoms with Crippen LogP contribution in [0.15, 0.2) is 58.5 Å². The number of nitrogens with one attached hydrogen (secondary N) is 2. The van der Waals surface area contributed by atoms with Gasteiger partial charge in [0.05, 0.1) is 24.4 Å². The molecule has 2 N–H and O–H groups in total. The number of thiazole rings is 1. The van der Waals surface area contributed by atoms with E-state index in [9.17, 15) is 9.59 Å². The van der Waals surface area contributed by atoms with Crippen molar-refractivity contribution in [2.75, 3.05) is 5.32 Å². The third kappa shape index (κ3) is 6.29. The molecule has 0 aliphatic heterocycles. The molecule has 1 atom stereocenters. The fourth-order valence-electron chi connectivity index (χ4n) is 2.97. The van der Waals surface area contributed by atoms with Gasteiger partial charge in [-0.1, -0.05) is 51.1 Å². The summed E-state index contributed by atoms with van der Waals surface area (Å²) in [7, 11) is 0. The largest absolute Gasteiger partial charge is 0.459 e. The van der Waals surface area contributed by atoms with Crippen molar-refractivity contribution in [3.05, 3.63) is 71.1 Å². The lowest BCUT2D eigenvalue weighted by atomic mass is 9.85. The average Bonchev–Trinajstić information content (AvgIpc) is 3.33. The second-order valence-corrected chi connectivity index (χ2v) is 8.91. The zero-order valence-electron chi connectivity index (χ0n) is 16.8. The number of aromatic nitrogens is 1. The Morgan fingerprint density at radius 3 is 2.55 bits per heavy atom. The zero-order valence-corrected chi connectivity index (χ0v) is 17.6. The maximum Gasteiger partial charge on any atom is 0.293 e. The van der Waals surface area contributed by atoms with Crippen LogP contribution >= 0.6 is 11.3 Å². The van der Waals surface area contributed by atoms with E-state index in [2.05, 4.69) is 36.4 Å². The number of rotatable bonds is 7. The number of amides is 2. The molecule has 2 heterocycles. The van der Waals surface area contributed by atoms with Gasteiger partial charge in [0.2, 0.25) is 5.91 Å². The van der Waals surface area contributed by atoms with Gasteiger partial charge in [0, 0.05) is 5.38 Å². The molecular weight excluding hydrogens is 386 g/mol. The number of carbonyl (C=O) groups is 2. The van der Waals surface area contributed by atoms with Gasteiger partial charge in [0.15, 0.2) is 10.9 Å². The first-order valence-corrected chi connectivity index (χ1v) is 10.3. The monoisotopic (exact) mass is 411 g/mol. The van der Waals surface area contributed by atoms with Crippen molar-refractivity contribution in [2.24, 2.45) is 5.41 Å². The molecule has 0 bridgehead atoms. The van der Waals surface area contributed by atoms with E-state index in [-0.39, 0.29) is 35.5 Å². The van der Waals surface area contributed by atoms with Crippen molar-refractivity contribution in [1.82, 2.24) is 10.3 Å². The average molecular weight is 412 g/mol. The number of hydrogen-bond acceptors (Lipinski definition) is 5. The van der Waals surface area contributed by atoms with Gasteiger partial charge in [0.1, 0.15) is 0 Å². The second kappa shape index (κ2) is 9.05. The SMILES string of the molecule is CC(C)(C)CC(NC(=O)Cc1csc(NC(=O)c2ccco2)n1)c1ccccc1. The predicted octanol–water partition coefficient (Wildman–Crippen LogP) is 4.82. The van der Waals surface area contributed by atoms with E-state index in [4.69, 9.17) is 4.42 Å². The molecule has 29 heavy (non-hydrogen) atoms. The normalized spacial score (nSPS) is 12.4. The van der Waals surface area contributed by atoms with Gasteiger partial charge in [-0.3, -0.25) is 14.9 Å². The molecule has 3 aromatic rings. The van der Waals surface area contributed by atoms with Crippen LogP contribution in [0.2, 0.25) is 0 Å². The molecule has 0 spiro atoms. The summed E-state index contributed by atoms with van der Waals surface area (Å²) in [6.07, 6.45) is 2.41. The number of hydrogen-bond donors (Lipinski definition) is 2. The van der Waals surface area contributed by atoms with E-state index in [0.29, 0.717) is 10.8 Å². The van der Waals surface area contributed by atoms with Crippen molar-refractivity contribution in [2.45, 2.75) is 39.7 Å². The fourth-order valence-corrected chi connectivity index (χ4v) is 3.68. The summed E-state index contributed by atoms with van der Waals surface area (Å²) in [5, 5.41) is 8.02. The van der Waals surface area contributed by atoms with Gasteiger partial charge < -0.3 is 9.73 Å². The molecule has 7 heteroatoms. The Hall–Kier alpha value is -2.93. The van der Waals surface area contributed by atoms with Crippen molar-refractivity contribution in [3.63, 3.8) is 0 Å². The Bertz CT molecular complexity index is 943. The molecule has 0 aliphatic rings. The van der Waals surface area contributed by atoms with Crippen molar-refractivity contribution in [3.8, 4) is 0 Å². The molecule has 152 valence electrons. The molecule has 1 unspecified atom stereocenters. The summed E-state index contributed by atoms with van der Waals surface area (Å²) in [5.41, 5.74) is 1.77. The van der Waals surface area contributed by atoms with Crippen LogP contribution in [0, 0.1) is 5.41 Å². The number of nitrogens with zero attached hydrogens (tertiary/aromatic N) is 1. The van der Waals surface area contributed by atoms with Gasteiger partial charge in [-0.05, 0) is 29.5 Å². The third-order valence-electron chi connectivity index (χ3n) is 4.21. The van der Waals surface area contributed by atoms with Gasteiger partial charge in [0.25, 0.3) is 5.91 Å². The highest BCUT2D eigenvalue weighted by atomic mass is 32.1. The maximum absolute atomic E-state index is 12.7. The van der Waals surface area contributed by atoms with Gasteiger partial charge in [-0.2, -0.15) is 0 Å². The molecule has 0 radical (unpaired) electrons. The highest BCUT2D eigenvalue weighted by Crippen LogP contribution is 2.29. The highest BCUT2D eigenvalue weighted by molar-refractivity contribution is 7.14. The van der Waals surface area contributed by atoms with Crippen LogP contribution in [-0.4, -0.2) is 16.8 Å². The summed E-state index contributed by atoms with van der Waals surface area (Å²) < 4.78 is 5.07. The number of benzene rings is 1. The minimum absolute atomic E-state index is 0.0672. The predicted molar refractivity (Wildman–Crippen MR) is 114 cm³/mol. The van der Waals surface area contributed by atoms with Crippen LogP contribution in [0.4, 0.5) is 5.13 Å². The lowest BCUT2D eigenvalue weighted by Gasteiger charge is -2.27. The van der Waals surface area contributed by atoms with E-state index in [1.54, 1.807) is 17.5 Å². The van der Waals surface area contributed by atoms with E-state index in [1.165, 1.54) is 17.6 Å². The molecular formula is C22H25N3O3S. The quantitative estimate of drug-likeness (QED) is 0.583. The first-order valence-electron chi connectivity index (χ1n) is 9.44. The Morgan fingerprint density at radius 2 is 1.90 bits per heavy atom. The van der Waals surface area contributed by atoms with Gasteiger partial charge in [-0.25, -0.2) is 4.98 Å². The third-order valence-corrected chi connectivity index (χ3v) is 5.02. The summed E-state index contributed by atoms with van der Waals surface area (Å²) >= 11 is 1.28. The number of furan rings is 1. The fraction of sp³-hybridized carbons (Fsp3) is 0.318. The Morgan fingerprint density at radius 1 is 1.14 bits per heavy atom. The van der Waals surface area contributed by atoms with Crippen LogP contribution in [0.25, 0.3) is 0 Å². The Balaban J connectivity index is 1.61. The summed E-state index contributed by atoms with van der Waals surface area (Å²) in [6, 6.07) is 13.1. The highest BCUT2D eigenvalue weighted by Gasteiger charge is 2.22. The zero-order chi connectivity index (χ0) is 20.9. The van der Waals surface area contributed by atoms with Crippen LogP contribution in [0.1, 0.15) is 55.0 Å². The molecule has 6 nitrogen and oxygen atoms in total. The molecule has 0 fully saturated rings. The van der Waals surface area contributed by atoms with Crippen LogP contribution < -0.4 is 10.6 Å². The van der Waals surface area contributed by atoms with Gasteiger partial charge >= 0.3 is 0 Å². The lowest BCUT2D eigenvalue weighted by molar-refractivity contribution is -0.121. The first kappa shape index (κ1) is 20.8. The summed E-state index contributed by atoms with van der Waals surface area (Å²) in [4.78, 5) is 29.0. The Kier molecular flexibility index (Phi) is 6.49. The minimum Gasteiger partial charge on any atom is -0.459 e. The van der Waals surface area contributed by atoms with Crippen molar-refractivity contribution < 1.29 is 14.0 Å². The van der Waals surface area contributed by atoms with Gasteiger partial charge in [-0.15, -0.1) is 11.3 Å². The molecule has 0 saturated carbocycles. The standard InChI is InChI=1S/C22H25N3O3S/c1-22(2,3)13-17(15-8-5-4-6-9-15)24-19(26)12-16-14-29-21(23-16)25-20(27)18-10-7-11-28-18/h4-11,14,17H,12-13H2,1-3H3,(H,24,26)(H,23,25,27). The molecule has 2 aromatic heterocycles. The molecule has 3 rings (SSSR count). The lowest BCUT2D eigenvalue weighted by Crippen LogP contribution is -2.32. The topological polar surface area (TPSA) is 84.2 Å². The maximum atomic E-state index is 12.7. The van der Waals surface area contributed by atoms with E-state index in [0.717, 1.165) is 12.0 Å². The first-order chi connectivity index (χ1) is 13.8. The molecule has 0 saturated heterocycles. The molecule has 0 aliphatic carbocycles. The smallest absolute Gasteiger partial charge is 0.293 e. The molecule has 2 amide bonds. The minimum atomic E-state index is -0.366. The van der Waals surface area contributed by atoms with E-state index >= 15 is 0 Å². The number of anilines is 1. The molecule has 1 aromatic carbocycles. The summed E-state index contributed by atoms with van der Waals surface area (Å²) in [5.74, 6) is -0.251. The summed E-state index contributed by atoms with van der Waals surface area (Å²) in [6.45, 7) is 6.47.